The number of pyridine rings is 1. The molecule has 3 aromatic carbocycles. The maximum absolute atomic E-state index is 15.0. The van der Waals surface area contributed by atoms with E-state index in [0.717, 1.165) is 6.07 Å². The lowest BCUT2D eigenvalue weighted by atomic mass is 10.00. The van der Waals surface area contributed by atoms with Crippen LogP contribution in [0.4, 0.5) is 8.78 Å². The Balaban J connectivity index is 1.67. The Morgan fingerprint density at radius 2 is 1.69 bits per heavy atom. The van der Waals surface area contributed by atoms with Crippen LogP contribution in [0.1, 0.15) is 10.4 Å². The van der Waals surface area contributed by atoms with Crippen LogP contribution in [-0.2, 0) is 4.74 Å². The van der Waals surface area contributed by atoms with Crippen LogP contribution >= 0.6 is 0 Å². The smallest absolute Gasteiger partial charge is 0.336 e. The van der Waals surface area contributed by atoms with Gasteiger partial charge in [-0.25, -0.2) is 18.6 Å². The third-order valence-electron chi connectivity index (χ3n) is 4.99. The first kappa shape index (κ1) is 21.4. The Hall–Kier alpha value is -3.84. The van der Waals surface area contributed by atoms with Crippen molar-refractivity contribution < 1.29 is 28.2 Å². The molecule has 0 saturated heterocycles. The first-order valence-corrected chi connectivity index (χ1v) is 9.82. The Morgan fingerprint density at radius 1 is 0.938 bits per heavy atom. The second kappa shape index (κ2) is 9.11. The second-order valence-corrected chi connectivity index (χ2v) is 7.08. The van der Waals surface area contributed by atoms with E-state index in [4.69, 9.17) is 9.47 Å². The van der Waals surface area contributed by atoms with Gasteiger partial charge in [0.2, 0.25) is 0 Å². The van der Waals surface area contributed by atoms with Gasteiger partial charge in [0.25, 0.3) is 0 Å². The fourth-order valence-electron chi connectivity index (χ4n) is 3.40. The van der Waals surface area contributed by atoms with Crippen molar-refractivity contribution in [3.8, 4) is 28.1 Å². The Bertz CT molecular complexity index is 1290. The average molecular weight is 435 g/mol. The maximum Gasteiger partial charge on any atom is 0.336 e. The summed E-state index contributed by atoms with van der Waals surface area (Å²) in [6.07, 6.45) is 0. The Labute approximate surface area is 182 Å². The lowest BCUT2D eigenvalue weighted by Crippen LogP contribution is -2.03. The number of fused-ring (bicyclic) bond motifs is 1. The molecule has 0 spiro atoms. The number of carbonyl (C=O) groups is 1. The van der Waals surface area contributed by atoms with Gasteiger partial charge in [0, 0.05) is 23.6 Å². The maximum atomic E-state index is 15.0. The molecule has 1 N–H and O–H groups in total. The average Bonchev–Trinajstić information content (AvgIpc) is 2.79. The quantitative estimate of drug-likeness (QED) is 0.385. The summed E-state index contributed by atoms with van der Waals surface area (Å²) in [6.45, 7) is 0.891. The normalized spacial score (nSPS) is 11.0. The van der Waals surface area contributed by atoms with E-state index in [0.29, 0.717) is 41.2 Å². The lowest BCUT2D eigenvalue weighted by Gasteiger charge is -2.10. The van der Waals surface area contributed by atoms with Crippen LogP contribution in [0.5, 0.6) is 5.75 Å². The van der Waals surface area contributed by atoms with Crippen molar-refractivity contribution in [3.05, 3.63) is 83.9 Å². The topological polar surface area (TPSA) is 68.7 Å². The van der Waals surface area contributed by atoms with Crippen molar-refractivity contribution >= 4 is 16.9 Å². The molecule has 4 aromatic rings. The molecular formula is C25H19F2NO4. The van der Waals surface area contributed by atoms with Gasteiger partial charge in [0.15, 0.2) is 0 Å². The molecule has 0 aliphatic carbocycles. The zero-order valence-electron chi connectivity index (χ0n) is 17.1. The number of carboxylic acid groups (broad SMARTS) is 1. The SMILES string of the molecule is COCCOc1ccc(-c2ccc(-c3cc(C(=O)O)c4cc(F)ccc4n3)cc2F)cc1. The number of aromatic nitrogens is 1. The van der Waals surface area contributed by atoms with E-state index in [1.54, 1.807) is 43.5 Å². The summed E-state index contributed by atoms with van der Waals surface area (Å²) in [6, 6.07) is 16.7. The third-order valence-corrected chi connectivity index (χ3v) is 4.99. The van der Waals surface area contributed by atoms with E-state index >= 15 is 0 Å². The summed E-state index contributed by atoms with van der Waals surface area (Å²) in [7, 11) is 1.59. The van der Waals surface area contributed by atoms with Crippen LogP contribution in [0.25, 0.3) is 33.3 Å². The monoisotopic (exact) mass is 435 g/mol. The van der Waals surface area contributed by atoms with Gasteiger partial charge in [-0.15, -0.1) is 0 Å². The predicted octanol–water partition coefficient (Wildman–Crippen LogP) is 5.57. The minimum Gasteiger partial charge on any atom is -0.491 e. The van der Waals surface area contributed by atoms with Crippen molar-refractivity contribution in [2.24, 2.45) is 0 Å². The molecule has 162 valence electrons. The molecule has 7 heteroatoms. The number of carboxylic acids is 1. The largest absolute Gasteiger partial charge is 0.491 e. The molecule has 0 unspecified atom stereocenters. The van der Waals surface area contributed by atoms with Crippen LogP contribution in [0, 0.1) is 11.6 Å². The first-order valence-electron chi connectivity index (χ1n) is 9.82. The number of aromatic carboxylic acids is 1. The Morgan fingerprint density at radius 3 is 2.38 bits per heavy atom. The zero-order valence-corrected chi connectivity index (χ0v) is 17.1. The van der Waals surface area contributed by atoms with Gasteiger partial charge in [0.1, 0.15) is 24.0 Å². The number of hydrogen-bond acceptors (Lipinski definition) is 4. The van der Waals surface area contributed by atoms with Gasteiger partial charge in [-0.05, 0) is 48.0 Å². The highest BCUT2D eigenvalue weighted by molar-refractivity contribution is 6.03. The fraction of sp³-hybridized carbons (Fsp3) is 0.120. The summed E-state index contributed by atoms with van der Waals surface area (Å²) in [4.78, 5) is 16.1. The van der Waals surface area contributed by atoms with E-state index < -0.39 is 17.6 Å². The summed E-state index contributed by atoms with van der Waals surface area (Å²) >= 11 is 0. The van der Waals surface area contributed by atoms with Crippen molar-refractivity contribution in [1.82, 2.24) is 4.98 Å². The van der Waals surface area contributed by atoms with Crippen LogP contribution in [-0.4, -0.2) is 36.4 Å². The van der Waals surface area contributed by atoms with Crippen LogP contribution in [0.3, 0.4) is 0 Å². The molecule has 0 atom stereocenters. The molecule has 5 nitrogen and oxygen atoms in total. The van der Waals surface area contributed by atoms with Crippen molar-refractivity contribution in [1.29, 1.82) is 0 Å². The number of benzene rings is 3. The molecule has 0 radical (unpaired) electrons. The molecule has 0 bridgehead atoms. The minimum absolute atomic E-state index is 0.0990. The standard InChI is InChI=1S/C25H19F2NO4/c1-31-10-11-32-18-6-2-15(3-7-18)19-8-4-16(12-22(19)27)24-14-21(25(29)30)20-13-17(26)5-9-23(20)28-24/h2-9,12-14H,10-11H2,1H3,(H,29,30). The molecule has 1 heterocycles. The van der Waals surface area contributed by atoms with E-state index in [1.807, 2.05) is 0 Å². The summed E-state index contributed by atoms with van der Waals surface area (Å²) < 4.78 is 39.0. The molecule has 32 heavy (non-hydrogen) atoms. The fourth-order valence-corrected chi connectivity index (χ4v) is 3.40. The van der Waals surface area contributed by atoms with Gasteiger partial charge in [-0.3, -0.25) is 0 Å². The molecule has 0 saturated carbocycles. The van der Waals surface area contributed by atoms with Crippen LogP contribution < -0.4 is 4.74 Å². The van der Waals surface area contributed by atoms with Crippen molar-refractivity contribution in [2.75, 3.05) is 20.3 Å². The van der Waals surface area contributed by atoms with Gasteiger partial charge >= 0.3 is 5.97 Å². The summed E-state index contributed by atoms with van der Waals surface area (Å²) in [5, 5.41) is 9.73. The summed E-state index contributed by atoms with van der Waals surface area (Å²) in [5.74, 6) is -1.59. The molecule has 0 amide bonds. The Kier molecular flexibility index (Phi) is 6.09. The molecule has 0 aliphatic rings. The van der Waals surface area contributed by atoms with E-state index in [2.05, 4.69) is 4.98 Å². The second-order valence-electron chi connectivity index (χ2n) is 7.08. The number of ether oxygens (including phenoxy) is 2. The van der Waals surface area contributed by atoms with Gasteiger partial charge in [-0.1, -0.05) is 24.3 Å². The number of methoxy groups -OCH3 is 1. The minimum atomic E-state index is -1.21. The highest BCUT2D eigenvalue weighted by atomic mass is 19.1. The molecule has 0 aliphatic heterocycles. The molecular weight excluding hydrogens is 416 g/mol. The number of hydrogen-bond donors (Lipinski definition) is 1. The number of halogens is 2. The van der Waals surface area contributed by atoms with Crippen molar-refractivity contribution in [3.63, 3.8) is 0 Å². The van der Waals surface area contributed by atoms with Gasteiger partial charge in [-0.2, -0.15) is 0 Å². The highest BCUT2D eigenvalue weighted by Crippen LogP contribution is 2.30. The van der Waals surface area contributed by atoms with Crippen LogP contribution in [0.2, 0.25) is 0 Å². The summed E-state index contributed by atoms with van der Waals surface area (Å²) in [5.41, 5.74) is 1.97. The predicted molar refractivity (Wildman–Crippen MR) is 117 cm³/mol. The number of rotatable bonds is 7. The van der Waals surface area contributed by atoms with Gasteiger partial charge < -0.3 is 14.6 Å². The molecule has 4 rings (SSSR count). The zero-order chi connectivity index (χ0) is 22.7. The molecule has 1 aromatic heterocycles. The third kappa shape index (κ3) is 4.43. The van der Waals surface area contributed by atoms with E-state index in [1.165, 1.54) is 24.3 Å². The van der Waals surface area contributed by atoms with Gasteiger partial charge in [0.05, 0.1) is 23.4 Å². The highest BCUT2D eigenvalue weighted by Gasteiger charge is 2.15. The lowest BCUT2D eigenvalue weighted by molar-refractivity contribution is 0.0699. The van der Waals surface area contributed by atoms with Crippen LogP contribution in [0.15, 0.2) is 66.7 Å². The molecule has 0 fully saturated rings. The van der Waals surface area contributed by atoms with E-state index in [9.17, 15) is 18.7 Å². The first-order chi connectivity index (χ1) is 15.5. The van der Waals surface area contributed by atoms with Crippen molar-refractivity contribution in [2.45, 2.75) is 0 Å². The number of nitrogens with zero attached hydrogens (tertiary/aromatic N) is 1. The van der Waals surface area contributed by atoms with E-state index in [-0.39, 0.29) is 16.6 Å².